The van der Waals surface area contributed by atoms with Crippen LogP contribution in [-0.4, -0.2) is 69.8 Å². The van der Waals surface area contributed by atoms with E-state index in [1.54, 1.807) is 0 Å². The van der Waals surface area contributed by atoms with Gasteiger partial charge >= 0.3 is 29.6 Å². The third-order valence-electron chi connectivity index (χ3n) is 4.28. The number of hydrogen-bond acceptors (Lipinski definition) is 4. The second-order valence-electron chi connectivity index (χ2n) is 6.13. The Balaban J connectivity index is 0.00000208. The van der Waals surface area contributed by atoms with Gasteiger partial charge in [0.1, 0.15) is 11.5 Å². The minimum atomic E-state index is 0. The van der Waals surface area contributed by atoms with Crippen molar-refractivity contribution in [1.82, 2.24) is 5.32 Å². The first kappa shape index (κ1) is 19.1. The zero-order chi connectivity index (χ0) is 16.2. The van der Waals surface area contributed by atoms with Crippen LogP contribution in [0.3, 0.4) is 0 Å². The van der Waals surface area contributed by atoms with Crippen molar-refractivity contribution in [3.63, 3.8) is 0 Å². The molecule has 2 aromatic carbocycles. The quantitative estimate of drug-likeness (QED) is 0.870. The molecule has 0 spiro atoms. The molecule has 3 rings (SSSR count). The van der Waals surface area contributed by atoms with Crippen molar-refractivity contribution in [2.75, 3.05) is 50.1 Å². The molecule has 1 aliphatic rings. The van der Waals surface area contributed by atoms with Gasteiger partial charge in [-0.05, 0) is 31.2 Å². The molecule has 1 N–H and O–H groups in total. The van der Waals surface area contributed by atoms with Crippen LogP contribution in [0.4, 0.5) is 11.4 Å². The molecule has 0 atom stereocenters. The van der Waals surface area contributed by atoms with E-state index in [-0.39, 0.29) is 29.6 Å². The normalized spacial score (nSPS) is 14.0. The maximum atomic E-state index is 6.16. The molecule has 124 valence electrons. The van der Waals surface area contributed by atoms with Crippen LogP contribution < -0.4 is 19.9 Å². The fraction of sp³-hybridized carbons (Fsp3) is 0.368. The Bertz CT molecular complexity index is 669. The molecule has 0 unspecified atom stereocenters. The number of nitrogens with zero attached hydrogens (tertiary/aromatic N) is 2. The summed E-state index contributed by atoms with van der Waals surface area (Å²) >= 11 is 0. The van der Waals surface area contributed by atoms with E-state index in [2.05, 4.69) is 46.3 Å². The Morgan fingerprint density at radius 2 is 1.75 bits per heavy atom. The van der Waals surface area contributed by atoms with Gasteiger partial charge in [-0.15, -0.1) is 0 Å². The van der Waals surface area contributed by atoms with Crippen LogP contribution in [0.1, 0.15) is 5.56 Å². The van der Waals surface area contributed by atoms with Gasteiger partial charge in [-0.2, -0.15) is 0 Å². The van der Waals surface area contributed by atoms with Gasteiger partial charge in [-0.3, -0.25) is 0 Å². The van der Waals surface area contributed by atoms with Gasteiger partial charge in [-0.1, -0.05) is 12.1 Å². The minimum absolute atomic E-state index is 0. The monoisotopic (exact) mass is 335 g/mol. The number of rotatable bonds is 4. The second kappa shape index (κ2) is 8.77. The Morgan fingerprint density at radius 1 is 1.04 bits per heavy atom. The summed E-state index contributed by atoms with van der Waals surface area (Å²) in [6.45, 7) is 6.30. The van der Waals surface area contributed by atoms with Crippen LogP contribution in [0.15, 0.2) is 42.5 Å². The molecule has 1 fully saturated rings. The molecule has 0 saturated carbocycles. The Kier molecular flexibility index (Phi) is 6.99. The van der Waals surface area contributed by atoms with E-state index in [9.17, 15) is 0 Å². The zero-order valence-corrected chi connectivity index (χ0v) is 14.2. The Morgan fingerprint density at radius 3 is 2.46 bits per heavy atom. The van der Waals surface area contributed by atoms with Crippen molar-refractivity contribution in [3.8, 4) is 11.5 Å². The average molecular weight is 335 g/mol. The Labute approximate surface area is 167 Å². The van der Waals surface area contributed by atoms with Crippen molar-refractivity contribution in [2.24, 2.45) is 0 Å². The van der Waals surface area contributed by atoms with Crippen molar-refractivity contribution in [1.29, 1.82) is 0 Å². The molecule has 4 nitrogen and oxygen atoms in total. The summed E-state index contributed by atoms with van der Waals surface area (Å²) in [5, 5.41) is 3.40. The molecule has 0 amide bonds. The fourth-order valence-electron chi connectivity index (χ4n) is 2.91. The predicted octanol–water partition coefficient (Wildman–Crippen LogP) is 2.61. The fourth-order valence-corrected chi connectivity index (χ4v) is 2.91. The summed E-state index contributed by atoms with van der Waals surface area (Å²) in [4.78, 5) is 4.51. The van der Waals surface area contributed by atoms with Crippen molar-refractivity contribution < 1.29 is 4.74 Å². The van der Waals surface area contributed by atoms with E-state index in [0.29, 0.717) is 0 Å². The number of nitrogens with one attached hydrogen (secondary N) is 1. The summed E-state index contributed by atoms with van der Waals surface area (Å²) in [5.74, 6) is 1.80. The first-order chi connectivity index (χ1) is 11.1. The van der Waals surface area contributed by atoms with Crippen molar-refractivity contribution >= 4 is 40.9 Å². The molecule has 1 heterocycles. The number of anilines is 2. The van der Waals surface area contributed by atoms with Gasteiger partial charge in [0.05, 0.1) is 0 Å². The van der Waals surface area contributed by atoms with Gasteiger partial charge in [0.15, 0.2) is 0 Å². The molecule has 0 radical (unpaired) electrons. The van der Waals surface area contributed by atoms with Gasteiger partial charge in [-0.25, -0.2) is 0 Å². The van der Waals surface area contributed by atoms with Crippen LogP contribution in [0, 0.1) is 6.92 Å². The maximum absolute atomic E-state index is 6.16. The SMILES string of the molecule is Cc1c(Oc2cccc(N(C)C)c2)cccc1N1CCNCC1.[NaH]. The molecule has 2 aromatic rings. The molecular weight excluding hydrogens is 309 g/mol. The molecule has 1 saturated heterocycles. The molecule has 0 aliphatic carbocycles. The topological polar surface area (TPSA) is 27.7 Å². The van der Waals surface area contributed by atoms with Crippen molar-refractivity contribution in [2.45, 2.75) is 6.92 Å². The summed E-state index contributed by atoms with van der Waals surface area (Å²) in [5.41, 5.74) is 3.61. The molecular formula is C19H26N3NaO. The van der Waals surface area contributed by atoms with Gasteiger partial charge in [0.25, 0.3) is 0 Å². The number of benzene rings is 2. The van der Waals surface area contributed by atoms with Crippen LogP contribution in [0.5, 0.6) is 11.5 Å². The number of piperazine rings is 1. The first-order valence-electron chi connectivity index (χ1n) is 8.15. The zero-order valence-electron chi connectivity index (χ0n) is 14.2. The summed E-state index contributed by atoms with van der Waals surface area (Å²) < 4.78 is 6.16. The molecule has 1 aliphatic heterocycles. The molecule has 0 aromatic heterocycles. The van der Waals surface area contributed by atoms with Crippen LogP contribution in [0.2, 0.25) is 0 Å². The third kappa shape index (κ3) is 4.45. The van der Waals surface area contributed by atoms with Gasteiger partial charge in [0, 0.05) is 63.3 Å². The van der Waals surface area contributed by atoms with Crippen molar-refractivity contribution in [3.05, 3.63) is 48.0 Å². The van der Waals surface area contributed by atoms with E-state index < -0.39 is 0 Å². The van der Waals surface area contributed by atoms with E-state index in [1.165, 1.54) is 11.3 Å². The average Bonchev–Trinajstić information content (AvgIpc) is 2.58. The van der Waals surface area contributed by atoms with Crippen LogP contribution >= 0.6 is 0 Å². The van der Waals surface area contributed by atoms with E-state index in [0.717, 1.165) is 43.4 Å². The standard InChI is InChI=1S/C19H25N3O.Na.H/c1-15-18(22-12-10-20-11-13-22)8-5-9-19(15)23-17-7-4-6-16(14-17)21(2)3;;/h4-9,14,20H,10-13H2,1-3H3;;. The summed E-state index contributed by atoms with van der Waals surface area (Å²) in [7, 11) is 4.07. The van der Waals surface area contributed by atoms with E-state index >= 15 is 0 Å². The van der Waals surface area contributed by atoms with Gasteiger partial charge in [0.2, 0.25) is 0 Å². The summed E-state index contributed by atoms with van der Waals surface area (Å²) in [6, 6.07) is 14.5. The predicted molar refractivity (Wildman–Crippen MR) is 104 cm³/mol. The summed E-state index contributed by atoms with van der Waals surface area (Å²) in [6.07, 6.45) is 0. The molecule has 0 bridgehead atoms. The second-order valence-corrected chi connectivity index (χ2v) is 6.13. The first-order valence-corrected chi connectivity index (χ1v) is 8.15. The van der Waals surface area contributed by atoms with Gasteiger partial charge < -0.3 is 19.9 Å². The van der Waals surface area contributed by atoms with Crippen LogP contribution in [0.25, 0.3) is 0 Å². The Hall–Kier alpha value is -1.20. The number of ether oxygens (including phenoxy) is 1. The molecule has 24 heavy (non-hydrogen) atoms. The number of hydrogen-bond donors (Lipinski definition) is 1. The van der Waals surface area contributed by atoms with E-state index in [4.69, 9.17) is 4.74 Å². The third-order valence-corrected chi connectivity index (χ3v) is 4.28. The van der Waals surface area contributed by atoms with E-state index in [1.807, 2.05) is 32.3 Å². The molecule has 5 heteroatoms. The van der Waals surface area contributed by atoms with Crippen LogP contribution in [-0.2, 0) is 0 Å².